The van der Waals surface area contributed by atoms with Gasteiger partial charge in [0.25, 0.3) is 0 Å². The summed E-state index contributed by atoms with van der Waals surface area (Å²) in [7, 11) is 0. The second kappa shape index (κ2) is 9.01. The fourth-order valence-electron chi connectivity index (χ4n) is 3.72. The van der Waals surface area contributed by atoms with Gasteiger partial charge in [-0.05, 0) is 36.3 Å². The quantitative estimate of drug-likeness (QED) is 0.552. The minimum Gasteiger partial charge on any atom is -0.203 e. The van der Waals surface area contributed by atoms with Gasteiger partial charge in [0.15, 0.2) is 11.6 Å². The second-order valence-corrected chi connectivity index (χ2v) is 6.93. The van der Waals surface area contributed by atoms with E-state index in [9.17, 15) is 8.78 Å². The largest absolute Gasteiger partial charge is 0.203 e. The zero-order chi connectivity index (χ0) is 16.7. The standard InChI is InChI=1S/C20H27F2N/c1-2-3-4-5-15-6-8-16(9-7-15)10-11-17-12-13-18(14-23)20(22)19(17)21/h12-13,15-16H,2-11H2,1H3. The Labute approximate surface area is 138 Å². The second-order valence-electron chi connectivity index (χ2n) is 6.93. The van der Waals surface area contributed by atoms with E-state index in [-0.39, 0.29) is 5.56 Å². The van der Waals surface area contributed by atoms with Crippen LogP contribution in [0, 0.1) is 34.8 Å². The molecule has 1 aromatic rings. The first-order chi connectivity index (χ1) is 11.2. The van der Waals surface area contributed by atoms with Gasteiger partial charge in [-0.3, -0.25) is 0 Å². The summed E-state index contributed by atoms with van der Waals surface area (Å²) in [4.78, 5) is 0. The van der Waals surface area contributed by atoms with Gasteiger partial charge in [0.05, 0.1) is 5.56 Å². The average Bonchev–Trinajstić information content (AvgIpc) is 2.58. The molecule has 0 saturated heterocycles. The summed E-state index contributed by atoms with van der Waals surface area (Å²) in [5.74, 6) is -0.320. The summed E-state index contributed by atoms with van der Waals surface area (Å²) in [6, 6.07) is 4.63. The van der Waals surface area contributed by atoms with Crippen LogP contribution in [0.15, 0.2) is 12.1 Å². The van der Waals surface area contributed by atoms with Crippen molar-refractivity contribution >= 4 is 0 Å². The fraction of sp³-hybridized carbons (Fsp3) is 0.650. The van der Waals surface area contributed by atoms with Gasteiger partial charge < -0.3 is 0 Å². The molecule has 0 N–H and O–H groups in total. The lowest BCUT2D eigenvalue weighted by atomic mass is 9.77. The van der Waals surface area contributed by atoms with Crippen molar-refractivity contribution in [3.8, 4) is 6.07 Å². The molecule has 0 aromatic heterocycles. The van der Waals surface area contributed by atoms with Crippen LogP contribution in [0.3, 0.4) is 0 Å². The van der Waals surface area contributed by atoms with Gasteiger partial charge in [-0.1, -0.05) is 64.4 Å². The molecule has 1 fully saturated rings. The van der Waals surface area contributed by atoms with Gasteiger partial charge in [0, 0.05) is 0 Å². The lowest BCUT2D eigenvalue weighted by Gasteiger charge is -2.28. The summed E-state index contributed by atoms with van der Waals surface area (Å²) in [5, 5.41) is 8.71. The van der Waals surface area contributed by atoms with Crippen LogP contribution >= 0.6 is 0 Å². The van der Waals surface area contributed by atoms with Gasteiger partial charge in [-0.2, -0.15) is 5.26 Å². The van der Waals surface area contributed by atoms with E-state index in [4.69, 9.17) is 5.26 Å². The Morgan fingerprint density at radius 3 is 2.26 bits per heavy atom. The van der Waals surface area contributed by atoms with Gasteiger partial charge in [-0.25, -0.2) is 8.78 Å². The van der Waals surface area contributed by atoms with Gasteiger partial charge in [0.1, 0.15) is 6.07 Å². The monoisotopic (exact) mass is 319 g/mol. The zero-order valence-corrected chi connectivity index (χ0v) is 14.1. The highest BCUT2D eigenvalue weighted by Crippen LogP contribution is 2.34. The van der Waals surface area contributed by atoms with E-state index in [1.165, 1.54) is 57.4 Å². The van der Waals surface area contributed by atoms with E-state index in [2.05, 4.69) is 6.92 Å². The topological polar surface area (TPSA) is 23.8 Å². The van der Waals surface area contributed by atoms with Crippen molar-refractivity contribution in [3.63, 3.8) is 0 Å². The minimum atomic E-state index is -0.996. The molecule has 0 atom stereocenters. The number of hydrogen-bond donors (Lipinski definition) is 0. The Kier molecular flexibility index (Phi) is 7.02. The Morgan fingerprint density at radius 1 is 1.00 bits per heavy atom. The maximum Gasteiger partial charge on any atom is 0.176 e. The van der Waals surface area contributed by atoms with Crippen LogP contribution in [0.25, 0.3) is 0 Å². The highest BCUT2D eigenvalue weighted by atomic mass is 19.2. The normalized spacial score (nSPS) is 21.1. The molecular formula is C20H27F2N. The molecule has 1 nitrogen and oxygen atoms in total. The first-order valence-corrected chi connectivity index (χ1v) is 9.02. The third-order valence-corrected chi connectivity index (χ3v) is 5.29. The van der Waals surface area contributed by atoms with Crippen molar-refractivity contribution in [1.82, 2.24) is 0 Å². The van der Waals surface area contributed by atoms with Gasteiger partial charge in [0.2, 0.25) is 0 Å². The molecule has 0 heterocycles. The zero-order valence-electron chi connectivity index (χ0n) is 14.1. The number of rotatable bonds is 7. The van der Waals surface area contributed by atoms with Crippen molar-refractivity contribution in [3.05, 3.63) is 34.9 Å². The number of benzene rings is 1. The van der Waals surface area contributed by atoms with E-state index >= 15 is 0 Å². The molecule has 2 rings (SSSR count). The lowest BCUT2D eigenvalue weighted by molar-refractivity contribution is 0.248. The Balaban J connectivity index is 1.78. The molecule has 0 unspecified atom stereocenters. The molecular weight excluding hydrogens is 292 g/mol. The van der Waals surface area contributed by atoms with E-state index in [1.807, 2.05) is 0 Å². The maximum atomic E-state index is 13.9. The predicted molar refractivity (Wildman–Crippen MR) is 89.0 cm³/mol. The Morgan fingerprint density at radius 2 is 1.65 bits per heavy atom. The van der Waals surface area contributed by atoms with E-state index in [0.717, 1.165) is 12.3 Å². The summed E-state index contributed by atoms with van der Waals surface area (Å²) >= 11 is 0. The van der Waals surface area contributed by atoms with Crippen LogP contribution in [0.1, 0.15) is 75.8 Å². The third kappa shape index (κ3) is 5.03. The van der Waals surface area contributed by atoms with E-state index in [1.54, 1.807) is 12.1 Å². The molecule has 0 amide bonds. The predicted octanol–water partition coefficient (Wildman–Crippen LogP) is 6.16. The van der Waals surface area contributed by atoms with Crippen LogP contribution in [-0.4, -0.2) is 0 Å². The lowest BCUT2D eigenvalue weighted by Crippen LogP contribution is -2.15. The summed E-state index contributed by atoms with van der Waals surface area (Å²) < 4.78 is 27.5. The van der Waals surface area contributed by atoms with Crippen molar-refractivity contribution in [1.29, 1.82) is 5.26 Å². The molecule has 0 aliphatic heterocycles. The number of aryl methyl sites for hydroxylation is 1. The minimum absolute atomic E-state index is 0.209. The number of unbranched alkanes of at least 4 members (excludes halogenated alkanes) is 2. The molecule has 0 bridgehead atoms. The third-order valence-electron chi connectivity index (χ3n) is 5.29. The summed E-state index contributed by atoms with van der Waals surface area (Å²) in [5.41, 5.74) is 0.199. The van der Waals surface area contributed by atoms with Crippen LogP contribution in [0.5, 0.6) is 0 Å². The molecule has 23 heavy (non-hydrogen) atoms. The summed E-state index contributed by atoms with van der Waals surface area (Å²) in [6.07, 6.45) is 11.8. The summed E-state index contributed by atoms with van der Waals surface area (Å²) in [6.45, 7) is 2.24. The number of nitrogens with zero attached hydrogens (tertiary/aromatic N) is 1. The Bertz CT molecular complexity index is 539. The smallest absolute Gasteiger partial charge is 0.176 e. The van der Waals surface area contributed by atoms with Crippen LogP contribution in [-0.2, 0) is 6.42 Å². The SMILES string of the molecule is CCCCCC1CCC(CCc2ccc(C#N)c(F)c2F)CC1. The van der Waals surface area contributed by atoms with Crippen molar-refractivity contribution in [2.24, 2.45) is 11.8 Å². The van der Waals surface area contributed by atoms with Crippen LogP contribution in [0.2, 0.25) is 0 Å². The molecule has 1 saturated carbocycles. The Hall–Kier alpha value is -1.43. The van der Waals surface area contributed by atoms with E-state index in [0.29, 0.717) is 17.9 Å². The van der Waals surface area contributed by atoms with Gasteiger partial charge in [-0.15, -0.1) is 0 Å². The first kappa shape index (κ1) is 17.9. The molecule has 1 aliphatic rings. The van der Waals surface area contributed by atoms with E-state index < -0.39 is 11.6 Å². The average molecular weight is 319 g/mol. The maximum absolute atomic E-state index is 13.9. The molecule has 0 spiro atoms. The number of hydrogen-bond acceptors (Lipinski definition) is 1. The number of nitriles is 1. The highest BCUT2D eigenvalue weighted by molar-refractivity contribution is 5.34. The molecule has 3 heteroatoms. The number of halogens is 2. The molecule has 1 aromatic carbocycles. The molecule has 1 aliphatic carbocycles. The highest BCUT2D eigenvalue weighted by Gasteiger charge is 2.21. The molecule has 126 valence electrons. The van der Waals surface area contributed by atoms with Crippen molar-refractivity contribution in [2.75, 3.05) is 0 Å². The fourth-order valence-corrected chi connectivity index (χ4v) is 3.72. The van der Waals surface area contributed by atoms with Gasteiger partial charge >= 0.3 is 0 Å². The van der Waals surface area contributed by atoms with Crippen molar-refractivity contribution in [2.45, 2.75) is 71.1 Å². The molecule has 0 radical (unpaired) electrons. The van der Waals surface area contributed by atoms with Crippen LogP contribution < -0.4 is 0 Å². The van der Waals surface area contributed by atoms with Crippen molar-refractivity contribution < 1.29 is 8.78 Å². The first-order valence-electron chi connectivity index (χ1n) is 9.02. The van der Waals surface area contributed by atoms with Crippen LogP contribution in [0.4, 0.5) is 8.78 Å².